The lowest BCUT2D eigenvalue weighted by atomic mass is 10.2. The number of benzene rings is 2. The molecule has 0 heterocycles. The Morgan fingerprint density at radius 2 is 1.89 bits per heavy atom. The summed E-state index contributed by atoms with van der Waals surface area (Å²) in [5, 5.41) is 0. The van der Waals surface area contributed by atoms with Crippen molar-refractivity contribution in [2.75, 3.05) is 12.8 Å². The quantitative estimate of drug-likeness (QED) is 0.877. The van der Waals surface area contributed by atoms with E-state index in [1.807, 2.05) is 36.4 Å². The van der Waals surface area contributed by atoms with E-state index in [9.17, 15) is 0 Å². The van der Waals surface area contributed by atoms with Crippen LogP contribution < -0.4 is 15.2 Å². The largest absolute Gasteiger partial charge is 0.496 e. The molecule has 18 heavy (non-hydrogen) atoms. The second-order valence-electron chi connectivity index (χ2n) is 3.79. The zero-order valence-corrected chi connectivity index (χ0v) is 11.6. The van der Waals surface area contributed by atoms with Crippen molar-refractivity contribution in [1.82, 2.24) is 0 Å². The highest BCUT2D eigenvalue weighted by molar-refractivity contribution is 9.10. The lowest BCUT2D eigenvalue weighted by molar-refractivity contribution is 0.295. The van der Waals surface area contributed by atoms with Gasteiger partial charge in [0.1, 0.15) is 18.1 Å². The summed E-state index contributed by atoms with van der Waals surface area (Å²) in [4.78, 5) is 0. The molecule has 0 aliphatic carbocycles. The first-order valence-corrected chi connectivity index (χ1v) is 6.29. The molecule has 0 aromatic heterocycles. The molecular formula is C14H14BrNO2. The molecule has 0 saturated heterocycles. The number of nitrogen functional groups attached to an aromatic ring is 1. The Kier molecular flexibility index (Phi) is 4.10. The maximum absolute atomic E-state index is 5.76. The first kappa shape index (κ1) is 12.8. The molecule has 0 aliphatic rings. The number of hydrogen-bond donors (Lipinski definition) is 1. The first-order valence-electron chi connectivity index (χ1n) is 5.50. The van der Waals surface area contributed by atoms with Crippen molar-refractivity contribution >= 4 is 21.6 Å². The van der Waals surface area contributed by atoms with Crippen LogP contribution in [-0.4, -0.2) is 7.11 Å². The zero-order chi connectivity index (χ0) is 13.0. The Morgan fingerprint density at radius 1 is 1.11 bits per heavy atom. The fourth-order valence-corrected chi connectivity index (χ4v) is 2.03. The van der Waals surface area contributed by atoms with E-state index in [0.29, 0.717) is 12.3 Å². The van der Waals surface area contributed by atoms with Crippen LogP contribution in [0, 0.1) is 0 Å². The van der Waals surface area contributed by atoms with Crippen molar-refractivity contribution in [1.29, 1.82) is 0 Å². The average Bonchev–Trinajstić information content (AvgIpc) is 2.38. The summed E-state index contributed by atoms with van der Waals surface area (Å²) < 4.78 is 11.9. The Morgan fingerprint density at radius 3 is 2.61 bits per heavy atom. The van der Waals surface area contributed by atoms with Gasteiger partial charge in [-0.1, -0.05) is 12.1 Å². The minimum absolute atomic E-state index is 0.414. The van der Waals surface area contributed by atoms with E-state index in [-0.39, 0.29) is 0 Å². The van der Waals surface area contributed by atoms with Gasteiger partial charge in [-0.25, -0.2) is 0 Å². The lowest BCUT2D eigenvalue weighted by Gasteiger charge is -2.11. The molecule has 0 unspecified atom stereocenters. The van der Waals surface area contributed by atoms with Crippen LogP contribution in [0.5, 0.6) is 11.5 Å². The van der Waals surface area contributed by atoms with Gasteiger partial charge >= 0.3 is 0 Å². The van der Waals surface area contributed by atoms with Crippen LogP contribution in [0.3, 0.4) is 0 Å². The van der Waals surface area contributed by atoms with E-state index in [0.717, 1.165) is 21.5 Å². The zero-order valence-electron chi connectivity index (χ0n) is 10.0. The molecule has 94 valence electrons. The normalized spacial score (nSPS) is 10.1. The van der Waals surface area contributed by atoms with Crippen molar-refractivity contribution in [3.05, 3.63) is 52.5 Å². The van der Waals surface area contributed by atoms with Gasteiger partial charge in [-0.15, -0.1) is 0 Å². The molecule has 3 nitrogen and oxygen atoms in total. The van der Waals surface area contributed by atoms with E-state index in [1.54, 1.807) is 13.2 Å². The number of halogens is 1. The molecule has 0 spiro atoms. The number of anilines is 1. The SMILES string of the molecule is COc1ccc(N)cc1COc1ccccc1Br. The van der Waals surface area contributed by atoms with E-state index in [1.165, 1.54) is 0 Å². The molecule has 0 radical (unpaired) electrons. The predicted molar refractivity (Wildman–Crippen MR) is 75.9 cm³/mol. The summed E-state index contributed by atoms with van der Waals surface area (Å²) in [7, 11) is 1.63. The summed E-state index contributed by atoms with van der Waals surface area (Å²) in [6, 6.07) is 13.2. The van der Waals surface area contributed by atoms with Gasteiger partial charge in [0.2, 0.25) is 0 Å². The monoisotopic (exact) mass is 307 g/mol. The molecule has 2 N–H and O–H groups in total. The van der Waals surface area contributed by atoms with Gasteiger partial charge in [-0.05, 0) is 46.3 Å². The smallest absolute Gasteiger partial charge is 0.133 e. The Balaban J connectivity index is 2.15. The molecule has 0 amide bonds. The van der Waals surface area contributed by atoms with Gasteiger partial charge in [-0.2, -0.15) is 0 Å². The second kappa shape index (κ2) is 5.78. The summed E-state index contributed by atoms with van der Waals surface area (Å²) in [5.74, 6) is 1.57. The van der Waals surface area contributed by atoms with Gasteiger partial charge in [0.15, 0.2) is 0 Å². The summed E-state index contributed by atoms with van der Waals surface area (Å²) in [6.45, 7) is 0.414. The summed E-state index contributed by atoms with van der Waals surface area (Å²) in [5.41, 5.74) is 7.38. The number of nitrogens with two attached hydrogens (primary N) is 1. The van der Waals surface area contributed by atoms with Crippen LogP contribution in [0.25, 0.3) is 0 Å². The van der Waals surface area contributed by atoms with Crippen molar-refractivity contribution in [2.24, 2.45) is 0 Å². The maximum Gasteiger partial charge on any atom is 0.133 e. The summed E-state index contributed by atoms with van der Waals surface area (Å²) >= 11 is 3.44. The second-order valence-corrected chi connectivity index (χ2v) is 4.64. The van der Waals surface area contributed by atoms with Gasteiger partial charge < -0.3 is 15.2 Å². The number of methoxy groups -OCH3 is 1. The molecule has 0 atom stereocenters. The third kappa shape index (κ3) is 2.96. The van der Waals surface area contributed by atoms with Gasteiger partial charge in [0.05, 0.1) is 11.6 Å². The third-order valence-corrected chi connectivity index (χ3v) is 3.18. The van der Waals surface area contributed by atoms with E-state index in [2.05, 4.69) is 15.9 Å². The fourth-order valence-electron chi connectivity index (χ4n) is 1.63. The lowest BCUT2D eigenvalue weighted by Crippen LogP contribution is -2.00. The van der Waals surface area contributed by atoms with E-state index >= 15 is 0 Å². The van der Waals surface area contributed by atoms with E-state index < -0.39 is 0 Å². The highest BCUT2D eigenvalue weighted by Crippen LogP contribution is 2.27. The van der Waals surface area contributed by atoms with Crippen molar-refractivity contribution < 1.29 is 9.47 Å². The number of rotatable bonds is 4. The van der Waals surface area contributed by atoms with Crippen molar-refractivity contribution in [3.8, 4) is 11.5 Å². The predicted octanol–water partition coefficient (Wildman–Crippen LogP) is 3.62. The molecule has 4 heteroatoms. The molecule has 0 saturated carbocycles. The maximum atomic E-state index is 5.76. The highest BCUT2D eigenvalue weighted by atomic mass is 79.9. The van der Waals surface area contributed by atoms with Crippen molar-refractivity contribution in [2.45, 2.75) is 6.61 Å². The minimum Gasteiger partial charge on any atom is -0.496 e. The van der Waals surface area contributed by atoms with Gasteiger partial charge in [0, 0.05) is 11.3 Å². The van der Waals surface area contributed by atoms with Crippen LogP contribution in [-0.2, 0) is 6.61 Å². The Bertz CT molecular complexity index is 543. The van der Waals surface area contributed by atoms with Gasteiger partial charge in [-0.3, -0.25) is 0 Å². The van der Waals surface area contributed by atoms with Crippen molar-refractivity contribution in [3.63, 3.8) is 0 Å². The minimum atomic E-state index is 0.414. The van der Waals surface area contributed by atoms with Gasteiger partial charge in [0.25, 0.3) is 0 Å². The average molecular weight is 308 g/mol. The topological polar surface area (TPSA) is 44.5 Å². The molecule has 0 aliphatic heterocycles. The molecular weight excluding hydrogens is 294 g/mol. The van der Waals surface area contributed by atoms with Crippen LogP contribution in [0.1, 0.15) is 5.56 Å². The van der Waals surface area contributed by atoms with Crippen LogP contribution >= 0.6 is 15.9 Å². The standard InChI is InChI=1S/C14H14BrNO2/c1-17-13-7-6-11(16)8-10(13)9-18-14-5-3-2-4-12(14)15/h2-8H,9,16H2,1H3. The highest BCUT2D eigenvalue weighted by Gasteiger charge is 2.06. The van der Waals surface area contributed by atoms with Crippen LogP contribution in [0.15, 0.2) is 46.9 Å². The molecule has 0 bridgehead atoms. The molecule has 0 fully saturated rings. The number of ether oxygens (including phenoxy) is 2. The Labute approximate surface area is 115 Å². The molecule has 2 aromatic carbocycles. The summed E-state index contributed by atoms with van der Waals surface area (Å²) in [6.07, 6.45) is 0. The molecule has 2 aromatic rings. The fraction of sp³-hybridized carbons (Fsp3) is 0.143. The number of para-hydroxylation sites is 1. The number of hydrogen-bond acceptors (Lipinski definition) is 3. The molecule has 2 rings (SSSR count). The first-order chi connectivity index (χ1) is 8.70. The van der Waals surface area contributed by atoms with Crippen LogP contribution in [0.2, 0.25) is 0 Å². The van der Waals surface area contributed by atoms with Crippen LogP contribution in [0.4, 0.5) is 5.69 Å². The Hall–Kier alpha value is -1.68. The third-order valence-electron chi connectivity index (χ3n) is 2.52. The van der Waals surface area contributed by atoms with E-state index in [4.69, 9.17) is 15.2 Å².